The van der Waals surface area contributed by atoms with Gasteiger partial charge in [0, 0.05) is 18.3 Å². The molecular weight excluding hydrogens is 276 g/mol. The molecule has 0 heterocycles. The number of nitro benzene ring substituents is 1. The third kappa shape index (κ3) is 2.90. The number of hydrogen-bond acceptors (Lipinski definition) is 3. The van der Waals surface area contributed by atoms with Crippen molar-refractivity contribution in [2.24, 2.45) is 17.8 Å². The minimum absolute atomic E-state index is 0.0179. The molecule has 1 aromatic carbocycles. The van der Waals surface area contributed by atoms with Crippen LogP contribution in [0.5, 0.6) is 0 Å². The molecule has 1 aromatic rings. The first-order valence-corrected chi connectivity index (χ1v) is 7.62. The first-order chi connectivity index (χ1) is 9.56. The van der Waals surface area contributed by atoms with E-state index < -0.39 is 4.92 Å². The summed E-state index contributed by atoms with van der Waals surface area (Å²) in [6, 6.07) is 3.24. The van der Waals surface area contributed by atoms with Gasteiger partial charge >= 0.3 is 0 Å². The van der Waals surface area contributed by atoms with E-state index in [1.165, 1.54) is 25.7 Å². The summed E-state index contributed by atoms with van der Waals surface area (Å²) in [5.74, 6) is 2.55. The molecule has 2 saturated carbocycles. The molecule has 0 aromatic heterocycles. The lowest BCUT2D eigenvalue weighted by Gasteiger charge is -2.18. The predicted octanol–water partition coefficient (Wildman–Crippen LogP) is 4.40. The number of nitrogens with zero attached hydrogens (tertiary/aromatic N) is 1. The van der Waals surface area contributed by atoms with Crippen molar-refractivity contribution >= 4 is 23.0 Å². The number of hydrogen-bond donors (Lipinski definition) is 1. The number of rotatable bonds is 6. The van der Waals surface area contributed by atoms with Gasteiger partial charge < -0.3 is 5.32 Å². The summed E-state index contributed by atoms with van der Waals surface area (Å²) >= 11 is 5.98. The maximum absolute atomic E-state index is 10.8. The average Bonchev–Trinajstić information content (AvgIpc) is 3.25. The Balaban J connectivity index is 1.70. The zero-order chi connectivity index (χ0) is 14.3. The molecule has 5 heteroatoms. The van der Waals surface area contributed by atoms with Gasteiger partial charge in [-0.3, -0.25) is 10.1 Å². The lowest BCUT2D eigenvalue weighted by Crippen LogP contribution is -2.18. The van der Waals surface area contributed by atoms with Crippen LogP contribution in [0, 0.1) is 34.8 Å². The molecule has 0 bridgehead atoms. The third-order valence-electron chi connectivity index (χ3n) is 4.47. The van der Waals surface area contributed by atoms with E-state index in [-0.39, 0.29) is 10.7 Å². The highest BCUT2D eigenvalue weighted by Crippen LogP contribution is 2.49. The minimum Gasteiger partial charge on any atom is -0.384 e. The second-order valence-corrected chi connectivity index (χ2v) is 6.50. The number of anilines is 1. The summed E-state index contributed by atoms with van der Waals surface area (Å²) in [5, 5.41) is 14.5. The third-order valence-corrected chi connectivity index (χ3v) is 4.78. The molecule has 20 heavy (non-hydrogen) atoms. The van der Waals surface area contributed by atoms with Crippen molar-refractivity contribution in [3.8, 4) is 0 Å². The van der Waals surface area contributed by atoms with Gasteiger partial charge in [0.05, 0.1) is 4.92 Å². The van der Waals surface area contributed by atoms with Crippen LogP contribution in [0.15, 0.2) is 12.1 Å². The van der Waals surface area contributed by atoms with Gasteiger partial charge in [-0.15, -0.1) is 0 Å². The molecule has 108 valence electrons. The smallest absolute Gasteiger partial charge is 0.288 e. The van der Waals surface area contributed by atoms with Gasteiger partial charge in [-0.1, -0.05) is 11.6 Å². The van der Waals surface area contributed by atoms with Crippen molar-refractivity contribution in [3.63, 3.8) is 0 Å². The van der Waals surface area contributed by atoms with Crippen LogP contribution in [0.25, 0.3) is 0 Å². The topological polar surface area (TPSA) is 55.2 Å². The molecule has 2 aliphatic carbocycles. The fraction of sp³-hybridized carbons (Fsp3) is 0.600. The van der Waals surface area contributed by atoms with Gasteiger partial charge in [0.1, 0.15) is 5.02 Å². The summed E-state index contributed by atoms with van der Waals surface area (Å²) in [4.78, 5) is 10.4. The molecule has 1 N–H and O–H groups in total. The van der Waals surface area contributed by atoms with Crippen LogP contribution >= 0.6 is 11.6 Å². The molecule has 0 aliphatic heterocycles. The minimum atomic E-state index is -0.434. The van der Waals surface area contributed by atoms with Gasteiger partial charge in [0.2, 0.25) is 0 Å². The van der Waals surface area contributed by atoms with Crippen molar-refractivity contribution in [2.45, 2.75) is 32.6 Å². The Morgan fingerprint density at radius 1 is 1.35 bits per heavy atom. The number of aryl methyl sites for hydroxylation is 1. The fourth-order valence-electron chi connectivity index (χ4n) is 2.99. The lowest BCUT2D eigenvalue weighted by atomic mass is 9.97. The van der Waals surface area contributed by atoms with Crippen LogP contribution in [0.2, 0.25) is 5.02 Å². The first kappa shape index (κ1) is 13.7. The van der Waals surface area contributed by atoms with E-state index in [0.29, 0.717) is 0 Å². The number of halogens is 1. The molecule has 0 amide bonds. The molecule has 0 saturated heterocycles. The maximum atomic E-state index is 10.8. The van der Waals surface area contributed by atoms with E-state index in [2.05, 4.69) is 5.32 Å². The van der Waals surface area contributed by atoms with Crippen LogP contribution in [0.1, 0.15) is 31.2 Å². The molecule has 0 spiro atoms. The Bertz CT molecular complexity index is 527. The monoisotopic (exact) mass is 294 g/mol. The second-order valence-electron chi connectivity index (χ2n) is 6.10. The summed E-state index contributed by atoms with van der Waals surface area (Å²) in [7, 11) is 0. The molecule has 0 unspecified atom stereocenters. The number of nitrogens with one attached hydrogen (secondary N) is 1. The zero-order valence-corrected chi connectivity index (χ0v) is 12.3. The predicted molar refractivity (Wildman–Crippen MR) is 80.3 cm³/mol. The summed E-state index contributed by atoms with van der Waals surface area (Å²) in [6.45, 7) is 2.85. The van der Waals surface area contributed by atoms with E-state index in [0.717, 1.165) is 35.5 Å². The molecule has 2 fully saturated rings. The Hall–Kier alpha value is -1.29. The van der Waals surface area contributed by atoms with Crippen LogP contribution in [-0.2, 0) is 0 Å². The maximum Gasteiger partial charge on any atom is 0.288 e. The summed E-state index contributed by atoms with van der Waals surface area (Å²) in [6.07, 6.45) is 5.46. The average molecular weight is 295 g/mol. The van der Waals surface area contributed by atoms with E-state index in [1.54, 1.807) is 12.1 Å². The highest BCUT2D eigenvalue weighted by atomic mass is 35.5. The second kappa shape index (κ2) is 5.24. The van der Waals surface area contributed by atoms with E-state index in [9.17, 15) is 10.1 Å². The normalized spacial score (nSPS) is 18.4. The van der Waals surface area contributed by atoms with Crippen LogP contribution in [-0.4, -0.2) is 11.5 Å². The fourth-order valence-corrected chi connectivity index (χ4v) is 3.22. The largest absolute Gasteiger partial charge is 0.384 e. The molecule has 0 radical (unpaired) electrons. The molecule has 4 nitrogen and oxygen atoms in total. The zero-order valence-electron chi connectivity index (χ0n) is 11.6. The van der Waals surface area contributed by atoms with Gasteiger partial charge in [-0.25, -0.2) is 0 Å². The Morgan fingerprint density at radius 2 is 1.95 bits per heavy atom. The Morgan fingerprint density at radius 3 is 2.45 bits per heavy atom. The molecule has 2 aliphatic rings. The Kier molecular flexibility index (Phi) is 3.59. The van der Waals surface area contributed by atoms with Crippen molar-refractivity contribution in [3.05, 3.63) is 32.8 Å². The lowest BCUT2D eigenvalue weighted by molar-refractivity contribution is -0.384. The quantitative estimate of drug-likeness (QED) is 0.625. The van der Waals surface area contributed by atoms with Crippen LogP contribution in [0.4, 0.5) is 11.4 Å². The van der Waals surface area contributed by atoms with Gasteiger partial charge in [-0.2, -0.15) is 0 Å². The van der Waals surface area contributed by atoms with Gasteiger partial charge in [0.25, 0.3) is 5.69 Å². The van der Waals surface area contributed by atoms with Crippen LogP contribution in [0.3, 0.4) is 0 Å². The van der Waals surface area contributed by atoms with Crippen LogP contribution < -0.4 is 5.32 Å². The SMILES string of the molecule is Cc1cc([N+](=O)[O-])c(Cl)cc1NCC(C1CC1)C1CC1. The van der Waals surface area contributed by atoms with Crippen molar-refractivity contribution in [2.75, 3.05) is 11.9 Å². The van der Waals surface area contributed by atoms with Crippen molar-refractivity contribution < 1.29 is 4.92 Å². The van der Waals surface area contributed by atoms with Crippen molar-refractivity contribution in [1.82, 2.24) is 0 Å². The van der Waals surface area contributed by atoms with Gasteiger partial charge in [-0.05, 0) is 62.0 Å². The van der Waals surface area contributed by atoms with Gasteiger partial charge in [0.15, 0.2) is 0 Å². The first-order valence-electron chi connectivity index (χ1n) is 7.24. The summed E-state index contributed by atoms with van der Waals surface area (Å²) in [5.41, 5.74) is 1.79. The van der Waals surface area contributed by atoms with Crippen molar-refractivity contribution in [1.29, 1.82) is 0 Å². The number of nitro groups is 1. The summed E-state index contributed by atoms with van der Waals surface area (Å²) < 4.78 is 0. The van der Waals surface area contributed by atoms with E-state index >= 15 is 0 Å². The highest BCUT2D eigenvalue weighted by molar-refractivity contribution is 6.33. The molecule has 0 atom stereocenters. The molecular formula is C15H19ClN2O2. The van der Waals surface area contributed by atoms with E-state index in [1.807, 2.05) is 6.92 Å². The highest BCUT2D eigenvalue weighted by Gasteiger charge is 2.41. The number of benzene rings is 1. The van der Waals surface area contributed by atoms with E-state index in [4.69, 9.17) is 11.6 Å². The molecule has 3 rings (SSSR count). The Labute approximate surface area is 123 Å². The standard InChI is InChI=1S/C15H19ClN2O2/c1-9-6-15(18(19)20)13(16)7-14(9)17-8-12(10-2-3-10)11-4-5-11/h6-7,10-12,17H,2-5,8H2,1H3.